The standard InChI is InChI=1S/C20H22ClN5O3S3/c1-4-13-5-7-14(8-6-13)23-19-24-25-20(31-19)30-12-18(27)22-15-9-10-16(21)17(11-15)32(28,29)26(2)3/h5-11H,4,12H2,1-3H3,(H,22,27)(H,23,24). The third-order valence-corrected chi connectivity index (χ3v) is 8.59. The lowest BCUT2D eigenvalue weighted by molar-refractivity contribution is -0.113. The van der Waals surface area contributed by atoms with Crippen molar-refractivity contribution in [3.8, 4) is 0 Å². The Hall–Kier alpha value is -2.18. The highest BCUT2D eigenvalue weighted by molar-refractivity contribution is 8.01. The molecule has 2 N–H and O–H groups in total. The first-order valence-corrected chi connectivity index (χ1v) is 13.1. The molecule has 0 saturated heterocycles. The molecule has 2 aromatic carbocycles. The number of halogens is 1. The lowest BCUT2D eigenvalue weighted by Gasteiger charge is -2.14. The van der Waals surface area contributed by atoms with Gasteiger partial charge >= 0.3 is 0 Å². The smallest absolute Gasteiger partial charge is 0.244 e. The molecule has 0 spiro atoms. The Morgan fingerprint density at radius 1 is 1.12 bits per heavy atom. The number of anilines is 3. The molecular weight excluding hydrogens is 490 g/mol. The van der Waals surface area contributed by atoms with Crippen molar-refractivity contribution in [1.82, 2.24) is 14.5 Å². The summed E-state index contributed by atoms with van der Waals surface area (Å²) in [6, 6.07) is 12.4. The van der Waals surface area contributed by atoms with Gasteiger partial charge in [-0.1, -0.05) is 53.8 Å². The van der Waals surface area contributed by atoms with Crippen molar-refractivity contribution < 1.29 is 13.2 Å². The van der Waals surface area contributed by atoms with E-state index in [1.807, 2.05) is 12.1 Å². The second-order valence-corrected chi connectivity index (χ2v) is 11.5. The molecule has 0 aliphatic carbocycles. The molecule has 0 aliphatic heterocycles. The van der Waals surface area contributed by atoms with Crippen molar-refractivity contribution in [2.24, 2.45) is 0 Å². The number of benzene rings is 2. The van der Waals surface area contributed by atoms with Crippen molar-refractivity contribution in [3.63, 3.8) is 0 Å². The van der Waals surface area contributed by atoms with Gasteiger partial charge in [0.05, 0.1) is 10.8 Å². The number of sulfonamides is 1. The molecule has 0 saturated carbocycles. The molecule has 1 heterocycles. The minimum atomic E-state index is -3.73. The second kappa shape index (κ2) is 10.6. The van der Waals surface area contributed by atoms with Crippen molar-refractivity contribution >= 4 is 67.1 Å². The number of carbonyl (C=O) groups excluding carboxylic acids is 1. The SMILES string of the molecule is CCc1ccc(Nc2nnc(SCC(=O)Nc3ccc(Cl)c(S(=O)(=O)N(C)C)c3)s2)cc1. The van der Waals surface area contributed by atoms with Crippen molar-refractivity contribution in [2.45, 2.75) is 22.6 Å². The minimum absolute atomic E-state index is 0.0681. The van der Waals surface area contributed by atoms with Crippen LogP contribution in [-0.4, -0.2) is 48.7 Å². The molecule has 12 heteroatoms. The summed E-state index contributed by atoms with van der Waals surface area (Å²) >= 11 is 8.62. The molecule has 0 unspecified atom stereocenters. The van der Waals surface area contributed by atoms with E-state index >= 15 is 0 Å². The molecule has 0 radical (unpaired) electrons. The number of thioether (sulfide) groups is 1. The van der Waals surface area contributed by atoms with E-state index in [2.05, 4.69) is 39.9 Å². The monoisotopic (exact) mass is 511 g/mol. The van der Waals surface area contributed by atoms with Crippen LogP contribution in [0.15, 0.2) is 51.7 Å². The van der Waals surface area contributed by atoms with E-state index in [0.717, 1.165) is 16.4 Å². The van der Waals surface area contributed by atoms with Gasteiger partial charge in [-0.15, -0.1) is 10.2 Å². The summed E-state index contributed by atoms with van der Waals surface area (Å²) in [5, 5.41) is 14.8. The van der Waals surface area contributed by atoms with Gasteiger partial charge in [0, 0.05) is 25.5 Å². The number of amides is 1. The Morgan fingerprint density at radius 2 is 1.81 bits per heavy atom. The van der Waals surface area contributed by atoms with Gasteiger partial charge in [-0.3, -0.25) is 4.79 Å². The molecule has 170 valence electrons. The zero-order valence-electron chi connectivity index (χ0n) is 17.6. The van der Waals surface area contributed by atoms with Crippen LogP contribution in [0.4, 0.5) is 16.5 Å². The first-order valence-electron chi connectivity index (χ1n) is 9.53. The maximum Gasteiger partial charge on any atom is 0.244 e. The fourth-order valence-corrected chi connectivity index (χ4v) is 5.53. The molecule has 0 bridgehead atoms. The second-order valence-electron chi connectivity index (χ2n) is 6.82. The van der Waals surface area contributed by atoms with Crippen LogP contribution >= 0.6 is 34.7 Å². The number of carbonyl (C=O) groups is 1. The highest BCUT2D eigenvalue weighted by atomic mass is 35.5. The Kier molecular flexibility index (Phi) is 8.12. The van der Waals surface area contributed by atoms with E-state index in [1.54, 1.807) is 6.07 Å². The highest BCUT2D eigenvalue weighted by Gasteiger charge is 2.21. The van der Waals surface area contributed by atoms with E-state index in [0.29, 0.717) is 15.2 Å². The van der Waals surface area contributed by atoms with Crippen LogP contribution in [0.2, 0.25) is 5.02 Å². The largest absolute Gasteiger partial charge is 0.330 e. The van der Waals surface area contributed by atoms with Gasteiger partial charge in [0.15, 0.2) is 4.34 Å². The average molecular weight is 512 g/mol. The summed E-state index contributed by atoms with van der Waals surface area (Å²) in [6.45, 7) is 2.10. The van der Waals surface area contributed by atoms with Gasteiger partial charge in [0.2, 0.25) is 21.1 Å². The van der Waals surface area contributed by atoms with Gasteiger partial charge in [-0.05, 0) is 42.3 Å². The van der Waals surface area contributed by atoms with Crippen LogP contribution in [0.25, 0.3) is 0 Å². The number of nitrogens with one attached hydrogen (secondary N) is 2. The summed E-state index contributed by atoms with van der Waals surface area (Å²) in [5.74, 6) is -0.205. The molecule has 0 atom stereocenters. The maximum absolute atomic E-state index is 12.4. The summed E-state index contributed by atoms with van der Waals surface area (Å²) < 4.78 is 26.4. The average Bonchev–Trinajstić information content (AvgIpc) is 3.21. The van der Waals surface area contributed by atoms with Crippen LogP contribution in [0, 0.1) is 0 Å². The minimum Gasteiger partial charge on any atom is -0.330 e. The van der Waals surface area contributed by atoms with E-state index in [4.69, 9.17) is 11.6 Å². The molecule has 8 nitrogen and oxygen atoms in total. The number of nitrogens with zero attached hydrogens (tertiary/aromatic N) is 3. The van der Waals surface area contributed by atoms with Crippen LogP contribution < -0.4 is 10.6 Å². The van der Waals surface area contributed by atoms with Gasteiger partial charge in [0.25, 0.3) is 0 Å². The van der Waals surface area contributed by atoms with Crippen molar-refractivity contribution in [1.29, 1.82) is 0 Å². The summed E-state index contributed by atoms with van der Waals surface area (Å²) in [7, 11) is -0.896. The first-order chi connectivity index (χ1) is 15.2. The molecule has 0 aliphatic rings. The number of aromatic nitrogens is 2. The van der Waals surface area contributed by atoms with Gasteiger partial charge < -0.3 is 10.6 Å². The number of hydrogen-bond acceptors (Lipinski definition) is 8. The van der Waals surface area contributed by atoms with E-state index in [-0.39, 0.29) is 21.6 Å². The Bertz CT molecular complexity index is 1200. The van der Waals surface area contributed by atoms with Gasteiger partial charge in [-0.25, -0.2) is 12.7 Å². The lowest BCUT2D eigenvalue weighted by Crippen LogP contribution is -2.23. The number of rotatable bonds is 9. The molecule has 1 amide bonds. The fraction of sp³-hybridized carbons (Fsp3) is 0.250. The zero-order valence-corrected chi connectivity index (χ0v) is 20.8. The van der Waals surface area contributed by atoms with Crippen LogP contribution in [0.1, 0.15) is 12.5 Å². The molecule has 0 fully saturated rings. The Morgan fingerprint density at radius 3 is 2.47 bits per heavy atom. The Labute approximate surface area is 200 Å². The van der Waals surface area contributed by atoms with Crippen molar-refractivity contribution in [2.75, 3.05) is 30.5 Å². The number of hydrogen-bond donors (Lipinski definition) is 2. The molecule has 1 aromatic heterocycles. The van der Waals surface area contributed by atoms with E-state index in [1.165, 1.54) is 54.9 Å². The third-order valence-electron chi connectivity index (χ3n) is 4.32. The lowest BCUT2D eigenvalue weighted by atomic mass is 10.1. The summed E-state index contributed by atoms with van der Waals surface area (Å²) in [5.41, 5.74) is 2.51. The summed E-state index contributed by atoms with van der Waals surface area (Å²) in [4.78, 5) is 12.3. The molecule has 32 heavy (non-hydrogen) atoms. The topological polar surface area (TPSA) is 104 Å². The third kappa shape index (κ3) is 6.20. The summed E-state index contributed by atoms with van der Waals surface area (Å²) in [6.07, 6.45) is 0.977. The van der Waals surface area contributed by atoms with Crippen LogP contribution in [-0.2, 0) is 21.2 Å². The molecule has 3 aromatic rings. The quantitative estimate of drug-likeness (QED) is 0.408. The van der Waals surface area contributed by atoms with E-state index in [9.17, 15) is 13.2 Å². The van der Waals surface area contributed by atoms with Gasteiger partial charge in [-0.2, -0.15) is 0 Å². The normalized spacial score (nSPS) is 11.5. The highest BCUT2D eigenvalue weighted by Crippen LogP contribution is 2.29. The van der Waals surface area contributed by atoms with Crippen LogP contribution in [0.5, 0.6) is 0 Å². The van der Waals surface area contributed by atoms with Crippen molar-refractivity contribution in [3.05, 3.63) is 53.1 Å². The fourth-order valence-electron chi connectivity index (χ4n) is 2.57. The number of aryl methyl sites for hydroxylation is 1. The maximum atomic E-state index is 12.4. The molecule has 3 rings (SSSR count). The first kappa shape index (κ1) is 24.5. The zero-order chi connectivity index (χ0) is 23.3. The molecular formula is C20H22ClN5O3S3. The van der Waals surface area contributed by atoms with Crippen LogP contribution in [0.3, 0.4) is 0 Å². The predicted octanol–water partition coefficient (Wildman–Crippen LogP) is 4.48. The van der Waals surface area contributed by atoms with E-state index < -0.39 is 10.0 Å². The Balaban J connectivity index is 1.57. The van der Waals surface area contributed by atoms with Gasteiger partial charge in [0.1, 0.15) is 4.90 Å². The predicted molar refractivity (Wildman–Crippen MR) is 131 cm³/mol.